The highest BCUT2D eigenvalue weighted by molar-refractivity contribution is 5.92. The summed E-state index contributed by atoms with van der Waals surface area (Å²) >= 11 is 0. The minimum atomic E-state index is -0.269. The second-order valence-electron chi connectivity index (χ2n) is 4.85. The maximum absolute atomic E-state index is 11.8. The van der Waals surface area contributed by atoms with Crippen LogP contribution < -0.4 is 16.0 Å². The molecule has 0 radical (unpaired) electrons. The lowest BCUT2D eigenvalue weighted by atomic mass is 10.2. The molecule has 0 fully saturated rings. The van der Waals surface area contributed by atoms with E-state index in [0.717, 1.165) is 18.7 Å². The first-order valence-electron chi connectivity index (χ1n) is 7.34. The van der Waals surface area contributed by atoms with Crippen LogP contribution in [-0.4, -0.2) is 35.9 Å². The third-order valence-electron chi connectivity index (χ3n) is 3.03. The number of pyridine rings is 1. The molecular formula is C15H24N4O2. The second kappa shape index (κ2) is 8.94. The first-order chi connectivity index (χ1) is 10.1. The molecule has 0 aliphatic rings. The van der Waals surface area contributed by atoms with Crippen LogP contribution >= 0.6 is 0 Å². The van der Waals surface area contributed by atoms with Crippen molar-refractivity contribution < 1.29 is 9.59 Å². The normalized spacial score (nSPS) is 11.6. The molecular weight excluding hydrogens is 268 g/mol. The summed E-state index contributed by atoms with van der Waals surface area (Å²) in [5.74, 6) is -0.325. The largest absolute Gasteiger partial charge is 0.384 e. The van der Waals surface area contributed by atoms with E-state index in [1.54, 1.807) is 18.3 Å². The number of hydrogen-bond acceptors (Lipinski definition) is 4. The first-order valence-corrected chi connectivity index (χ1v) is 7.34. The van der Waals surface area contributed by atoms with Crippen molar-refractivity contribution in [3.63, 3.8) is 0 Å². The predicted octanol–water partition coefficient (Wildman–Crippen LogP) is 1.55. The fraction of sp³-hybridized carbons (Fsp3) is 0.533. The van der Waals surface area contributed by atoms with Gasteiger partial charge in [0.1, 0.15) is 5.69 Å². The minimum absolute atomic E-state index is 0.0555. The van der Waals surface area contributed by atoms with Crippen LogP contribution in [0.25, 0.3) is 0 Å². The van der Waals surface area contributed by atoms with Crippen LogP contribution in [0, 0.1) is 0 Å². The molecule has 1 heterocycles. The Balaban J connectivity index is 2.35. The van der Waals surface area contributed by atoms with Gasteiger partial charge in [-0.15, -0.1) is 0 Å². The van der Waals surface area contributed by atoms with Gasteiger partial charge in [-0.05, 0) is 32.4 Å². The van der Waals surface area contributed by atoms with Crippen LogP contribution in [0.3, 0.4) is 0 Å². The van der Waals surface area contributed by atoms with Crippen molar-refractivity contribution in [3.8, 4) is 0 Å². The molecule has 1 aromatic heterocycles. The maximum atomic E-state index is 11.8. The highest BCUT2D eigenvalue weighted by Crippen LogP contribution is 2.05. The van der Waals surface area contributed by atoms with E-state index in [2.05, 4.69) is 20.9 Å². The summed E-state index contributed by atoms with van der Waals surface area (Å²) in [5, 5.41) is 8.65. The molecule has 3 N–H and O–H groups in total. The highest BCUT2D eigenvalue weighted by atomic mass is 16.2. The number of carbonyl (C=O) groups is 2. The van der Waals surface area contributed by atoms with Gasteiger partial charge in [-0.25, -0.2) is 4.98 Å². The number of nitrogens with one attached hydrogen (secondary N) is 3. The van der Waals surface area contributed by atoms with Gasteiger partial charge in [0.25, 0.3) is 5.91 Å². The number of nitrogens with zero attached hydrogens (tertiary/aromatic N) is 1. The van der Waals surface area contributed by atoms with E-state index in [1.165, 1.54) is 0 Å². The standard InChI is InChI=1S/C15H24N4O2/c1-4-11(3)19-14(20)8-9-17-15(21)13-7-6-12(10-18-13)16-5-2/h6-7,10-11,16H,4-5,8-9H2,1-3H3,(H,17,21)(H,19,20). The van der Waals surface area contributed by atoms with Crippen LogP contribution in [0.2, 0.25) is 0 Å². The van der Waals surface area contributed by atoms with E-state index in [4.69, 9.17) is 0 Å². The molecule has 6 nitrogen and oxygen atoms in total. The third-order valence-corrected chi connectivity index (χ3v) is 3.03. The number of hydrogen-bond donors (Lipinski definition) is 3. The molecule has 1 unspecified atom stereocenters. The van der Waals surface area contributed by atoms with Gasteiger partial charge in [0.15, 0.2) is 0 Å². The summed E-state index contributed by atoms with van der Waals surface area (Å²) in [4.78, 5) is 27.5. The Morgan fingerprint density at radius 3 is 2.62 bits per heavy atom. The predicted molar refractivity (Wildman–Crippen MR) is 83.2 cm³/mol. The van der Waals surface area contributed by atoms with E-state index in [1.807, 2.05) is 20.8 Å². The fourth-order valence-corrected chi connectivity index (χ4v) is 1.67. The molecule has 1 aromatic rings. The van der Waals surface area contributed by atoms with E-state index in [0.29, 0.717) is 12.2 Å². The Bertz CT molecular complexity index is 459. The lowest BCUT2D eigenvalue weighted by Crippen LogP contribution is -2.35. The van der Waals surface area contributed by atoms with Gasteiger partial charge in [0, 0.05) is 25.6 Å². The zero-order chi connectivity index (χ0) is 15.7. The summed E-state index contributed by atoms with van der Waals surface area (Å²) < 4.78 is 0. The highest BCUT2D eigenvalue weighted by Gasteiger charge is 2.09. The molecule has 6 heteroatoms. The van der Waals surface area contributed by atoms with Gasteiger partial charge < -0.3 is 16.0 Å². The zero-order valence-corrected chi connectivity index (χ0v) is 12.9. The van der Waals surface area contributed by atoms with Crippen LogP contribution in [0.1, 0.15) is 44.1 Å². The topological polar surface area (TPSA) is 83.1 Å². The Morgan fingerprint density at radius 1 is 1.29 bits per heavy atom. The van der Waals surface area contributed by atoms with Gasteiger partial charge in [0.2, 0.25) is 5.91 Å². The van der Waals surface area contributed by atoms with Crippen LogP contribution in [0.4, 0.5) is 5.69 Å². The number of anilines is 1. The van der Waals surface area contributed by atoms with Crippen molar-refractivity contribution in [2.45, 2.75) is 39.7 Å². The molecule has 2 amide bonds. The van der Waals surface area contributed by atoms with E-state index in [9.17, 15) is 9.59 Å². The number of amides is 2. The van der Waals surface area contributed by atoms with Crippen LogP contribution in [0.5, 0.6) is 0 Å². The Morgan fingerprint density at radius 2 is 2.05 bits per heavy atom. The van der Waals surface area contributed by atoms with Crippen molar-refractivity contribution in [3.05, 3.63) is 24.0 Å². The molecule has 0 saturated carbocycles. The molecule has 21 heavy (non-hydrogen) atoms. The molecule has 0 aliphatic carbocycles. The van der Waals surface area contributed by atoms with Crippen molar-refractivity contribution >= 4 is 17.5 Å². The second-order valence-corrected chi connectivity index (χ2v) is 4.85. The lowest BCUT2D eigenvalue weighted by Gasteiger charge is -2.11. The maximum Gasteiger partial charge on any atom is 0.269 e. The monoisotopic (exact) mass is 292 g/mol. The summed E-state index contributed by atoms with van der Waals surface area (Å²) in [6, 6.07) is 3.63. The van der Waals surface area contributed by atoms with Crippen molar-refractivity contribution in [2.75, 3.05) is 18.4 Å². The molecule has 0 aromatic carbocycles. The third kappa shape index (κ3) is 6.25. The molecule has 0 bridgehead atoms. The Labute approximate surface area is 125 Å². The first kappa shape index (κ1) is 16.9. The molecule has 0 saturated heterocycles. The van der Waals surface area contributed by atoms with Crippen molar-refractivity contribution in [1.29, 1.82) is 0 Å². The van der Waals surface area contributed by atoms with Crippen molar-refractivity contribution in [2.24, 2.45) is 0 Å². The number of carbonyl (C=O) groups excluding carboxylic acids is 2. The average molecular weight is 292 g/mol. The van der Waals surface area contributed by atoms with Gasteiger partial charge in [-0.3, -0.25) is 9.59 Å². The average Bonchev–Trinajstić information content (AvgIpc) is 2.48. The van der Waals surface area contributed by atoms with Crippen LogP contribution in [-0.2, 0) is 4.79 Å². The quantitative estimate of drug-likeness (QED) is 0.679. The number of rotatable bonds is 8. The summed E-state index contributed by atoms with van der Waals surface area (Å²) in [5.41, 5.74) is 1.22. The molecule has 116 valence electrons. The molecule has 1 atom stereocenters. The number of aromatic nitrogens is 1. The Hall–Kier alpha value is -2.11. The lowest BCUT2D eigenvalue weighted by molar-refractivity contribution is -0.121. The summed E-state index contributed by atoms with van der Waals surface area (Å²) in [7, 11) is 0. The van der Waals surface area contributed by atoms with Gasteiger partial charge in [-0.1, -0.05) is 6.92 Å². The van der Waals surface area contributed by atoms with Crippen LogP contribution in [0.15, 0.2) is 18.3 Å². The smallest absolute Gasteiger partial charge is 0.269 e. The zero-order valence-electron chi connectivity index (χ0n) is 12.9. The van der Waals surface area contributed by atoms with E-state index >= 15 is 0 Å². The Kier molecular flexibility index (Phi) is 7.21. The molecule has 1 rings (SSSR count). The summed E-state index contributed by atoms with van der Waals surface area (Å²) in [6.45, 7) is 7.06. The minimum Gasteiger partial charge on any atom is -0.384 e. The molecule has 0 spiro atoms. The fourth-order valence-electron chi connectivity index (χ4n) is 1.67. The van der Waals surface area contributed by atoms with Gasteiger partial charge in [-0.2, -0.15) is 0 Å². The summed E-state index contributed by atoms with van der Waals surface area (Å²) in [6.07, 6.45) is 2.78. The van der Waals surface area contributed by atoms with E-state index < -0.39 is 0 Å². The van der Waals surface area contributed by atoms with Crippen molar-refractivity contribution in [1.82, 2.24) is 15.6 Å². The van der Waals surface area contributed by atoms with Gasteiger partial charge in [0.05, 0.1) is 11.9 Å². The molecule has 0 aliphatic heterocycles. The van der Waals surface area contributed by atoms with Gasteiger partial charge >= 0.3 is 0 Å². The van der Waals surface area contributed by atoms with E-state index in [-0.39, 0.29) is 24.3 Å². The SMILES string of the molecule is CCNc1ccc(C(=O)NCCC(=O)NC(C)CC)nc1.